The van der Waals surface area contributed by atoms with Gasteiger partial charge in [-0.15, -0.1) is 0 Å². The van der Waals surface area contributed by atoms with E-state index in [-0.39, 0.29) is 23.0 Å². The molecule has 88 valence electrons. The number of fused-ring (bicyclic) bond motifs is 5. The van der Waals surface area contributed by atoms with Crippen LogP contribution in [0.3, 0.4) is 0 Å². The first-order valence-corrected chi connectivity index (χ1v) is 5.89. The molecule has 1 heterocycles. The maximum Gasteiger partial charge on any atom is 0.397 e. The molecule has 2 saturated carbocycles. The van der Waals surface area contributed by atoms with E-state index in [0.717, 1.165) is 23.8 Å². The van der Waals surface area contributed by atoms with E-state index in [0.29, 0.717) is 5.92 Å². The molecule has 3 rings (SSSR count). The molecular formula is C12H17NO3. The van der Waals surface area contributed by atoms with Gasteiger partial charge in [0.25, 0.3) is 6.21 Å². The number of carbonyl (C=O) groups excluding carboxylic acids is 1. The second-order valence-corrected chi connectivity index (χ2v) is 6.12. The topological polar surface area (TPSA) is 52.4 Å². The van der Waals surface area contributed by atoms with Crippen molar-refractivity contribution < 1.29 is 14.3 Å². The highest BCUT2D eigenvalue weighted by atomic mass is 16.6. The molecule has 1 aliphatic heterocycles. The Hall–Kier alpha value is -1.06. The second kappa shape index (κ2) is 2.60. The molecule has 16 heavy (non-hydrogen) atoms. The lowest BCUT2D eigenvalue weighted by molar-refractivity contribution is -0.524. The van der Waals surface area contributed by atoms with Gasteiger partial charge in [-0.25, -0.2) is 4.79 Å². The molecule has 3 aliphatic rings. The van der Waals surface area contributed by atoms with Gasteiger partial charge in [-0.05, 0) is 18.3 Å². The predicted octanol–water partition coefficient (Wildman–Crippen LogP) is 1.32. The second-order valence-electron chi connectivity index (χ2n) is 6.12. The van der Waals surface area contributed by atoms with Crippen molar-refractivity contribution >= 4 is 12.2 Å². The zero-order valence-electron chi connectivity index (χ0n) is 9.90. The van der Waals surface area contributed by atoms with Crippen molar-refractivity contribution in [3.8, 4) is 0 Å². The van der Waals surface area contributed by atoms with Crippen LogP contribution in [-0.2, 0) is 9.53 Å². The zero-order chi connectivity index (χ0) is 11.7. The van der Waals surface area contributed by atoms with E-state index in [1.807, 2.05) is 0 Å². The van der Waals surface area contributed by atoms with Gasteiger partial charge in [-0.3, -0.25) is 0 Å². The summed E-state index contributed by atoms with van der Waals surface area (Å²) >= 11 is 0. The van der Waals surface area contributed by atoms with Crippen molar-refractivity contribution in [3.05, 3.63) is 5.21 Å². The van der Waals surface area contributed by atoms with Crippen LogP contribution in [0.15, 0.2) is 0 Å². The van der Waals surface area contributed by atoms with Gasteiger partial charge in [-0.2, -0.15) is 4.74 Å². The van der Waals surface area contributed by atoms with Gasteiger partial charge in [0.15, 0.2) is 6.10 Å². The molecule has 0 aromatic carbocycles. The monoisotopic (exact) mass is 223 g/mol. The highest BCUT2D eigenvalue weighted by molar-refractivity contribution is 6.21. The Kier molecular flexibility index (Phi) is 1.65. The van der Waals surface area contributed by atoms with Crippen LogP contribution in [0.2, 0.25) is 0 Å². The molecule has 0 amide bonds. The van der Waals surface area contributed by atoms with Gasteiger partial charge in [0.1, 0.15) is 0 Å². The van der Waals surface area contributed by atoms with E-state index < -0.39 is 5.97 Å². The van der Waals surface area contributed by atoms with E-state index in [9.17, 15) is 10.0 Å². The minimum absolute atomic E-state index is 0.0467. The first-order valence-electron chi connectivity index (χ1n) is 5.89. The highest BCUT2D eigenvalue weighted by Crippen LogP contribution is 2.67. The van der Waals surface area contributed by atoms with E-state index in [1.54, 1.807) is 0 Å². The lowest BCUT2D eigenvalue weighted by atomic mass is 9.70. The Morgan fingerprint density at radius 2 is 2.19 bits per heavy atom. The molecule has 2 bridgehead atoms. The van der Waals surface area contributed by atoms with Crippen molar-refractivity contribution in [1.82, 2.24) is 0 Å². The fourth-order valence-electron chi connectivity index (χ4n) is 4.11. The number of rotatable bonds is 0. The molecule has 0 radical (unpaired) electrons. The summed E-state index contributed by atoms with van der Waals surface area (Å²) in [6.07, 6.45) is 2.94. The van der Waals surface area contributed by atoms with Crippen LogP contribution in [-0.4, -0.2) is 29.1 Å². The summed E-state index contributed by atoms with van der Waals surface area (Å²) in [4.78, 5) is 11.3. The molecule has 0 aromatic heterocycles. The van der Waals surface area contributed by atoms with Crippen LogP contribution in [0.25, 0.3) is 0 Å². The average Bonchev–Trinajstić information content (AvgIpc) is 2.48. The Bertz CT molecular complexity index is 401. The normalized spacial score (nSPS) is 48.6. The standard InChI is InChI=1S/C12H17NO3/c1-11(2)7-4-5-12(11,3)10-9(7)13(15)6-8(14)16-10/h6-7,9-10H,4-5H2,1-3H3/t7-,9?,10?,12+/m1/s1. The third-order valence-corrected chi connectivity index (χ3v) is 5.49. The summed E-state index contributed by atoms with van der Waals surface area (Å²) in [7, 11) is 0. The Balaban J connectivity index is 2.12. The van der Waals surface area contributed by atoms with Crippen LogP contribution in [0, 0.1) is 22.0 Å². The van der Waals surface area contributed by atoms with Crippen LogP contribution in [0.1, 0.15) is 33.6 Å². The SMILES string of the molecule is CC1(C)[C@@H]2CC[C@@]1(C)C1OC(=O)C=[N+]([O-])C12. The fourth-order valence-corrected chi connectivity index (χ4v) is 4.11. The van der Waals surface area contributed by atoms with Crippen molar-refractivity contribution in [2.24, 2.45) is 16.7 Å². The van der Waals surface area contributed by atoms with Gasteiger partial charge < -0.3 is 9.94 Å². The first-order chi connectivity index (χ1) is 7.38. The largest absolute Gasteiger partial charge is 0.623 e. The number of carbonyl (C=O) groups is 1. The summed E-state index contributed by atoms with van der Waals surface area (Å²) in [5.41, 5.74) is 0.0262. The zero-order valence-corrected chi connectivity index (χ0v) is 9.90. The van der Waals surface area contributed by atoms with Gasteiger partial charge in [0.05, 0.1) is 0 Å². The number of hydroxylamine groups is 1. The fraction of sp³-hybridized carbons (Fsp3) is 0.833. The minimum atomic E-state index is -0.485. The third-order valence-electron chi connectivity index (χ3n) is 5.49. The number of esters is 1. The maximum atomic E-state index is 11.9. The smallest absolute Gasteiger partial charge is 0.397 e. The van der Waals surface area contributed by atoms with Crippen molar-refractivity contribution in [3.63, 3.8) is 0 Å². The Labute approximate surface area is 94.9 Å². The lowest BCUT2D eigenvalue weighted by Gasteiger charge is -2.38. The van der Waals surface area contributed by atoms with Crippen molar-refractivity contribution in [2.75, 3.05) is 0 Å². The average molecular weight is 223 g/mol. The van der Waals surface area contributed by atoms with E-state index in [1.165, 1.54) is 0 Å². The molecule has 0 N–H and O–H groups in total. The van der Waals surface area contributed by atoms with Crippen molar-refractivity contribution in [1.29, 1.82) is 0 Å². The lowest BCUT2D eigenvalue weighted by Crippen LogP contribution is -2.51. The van der Waals surface area contributed by atoms with Gasteiger partial charge in [-0.1, -0.05) is 20.8 Å². The Morgan fingerprint density at radius 1 is 1.50 bits per heavy atom. The van der Waals surface area contributed by atoms with E-state index >= 15 is 0 Å². The van der Waals surface area contributed by atoms with Gasteiger partial charge >= 0.3 is 5.97 Å². The molecule has 0 spiro atoms. The molecular weight excluding hydrogens is 206 g/mol. The predicted molar refractivity (Wildman–Crippen MR) is 58.0 cm³/mol. The summed E-state index contributed by atoms with van der Waals surface area (Å²) in [6, 6.07) is -0.161. The number of hydrogen-bond donors (Lipinski definition) is 0. The molecule has 2 aliphatic carbocycles. The summed E-state index contributed by atoms with van der Waals surface area (Å²) in [5.74, 6) is -0.148. The summed E-state index contributed by atoms with van der Waals surface area (Å²) in [5, 5.41) is 11.9. The molecule has 0 saturated heterocycles. The molecule has 4 atom stereocenters. The van der Waals surface area contributed by atoms with E-state index in [4.69, 9.17) is 4.74 Å². The summed E-state index contributed by atoms with van der Waals surface area (Å²) in [6.45, 7) is 6.55. The molecule has 4 nitrogen and oxygen atoms in total. The summed E-state index contributed by atoms with van der Waals surface area (Å²) < 4.78 is 6.26. The third kappa shape index (κ3) is 0.874. The van der Waals surface area contributed by atoms with Gasteiger partial charge in [0, 0.05) is 11.3 Å². The molecule has 2 fully saturated rings. The quantitative estimate of drug-likeness (QED) is 0.353. The van der Waals surface area contributed by atoms with Crippen LogP contribution in [0.5, 0.6) is 0 Å². The van der Waals surface area contributed by atoms with Crippen LogP contribution >= 0.6 is 0 Å². The van der Waals surface area contributed by atoms with Gasteiger partial charge in [0.2, 0.25) is 6.04 Å². The molecule has 0 aromatic rings. The maximum absolute atomic E-state index is 11.9. The number of nitrogens with zero attached hydrogens (tertiary/aromatic N) is 1. The molecule has 2 unspecified atom stereocenters. The number of ether oxygens (including phenoxy) is 1. The highest BCUT2D eigenvalue weighted by Gasteiger charge is 2.72. The number of hydrogen-bond acceptors (Lipinski definition) is 3. The van der Waals surface area contributed by atoms with Crippen LogP contribution in [0.4, 0.5) is 0 Å². The Morgan fingerprint density at radius 3 is 2.88 bits per heavy atom. The van der Waals surface area contributed by atoms with Crippen LogP contribution < -0.4 is 0 Å². The molecule has 4 heteroatoms. The first kappa shape index (κ1) is 10.1. The van der Waals surface area contributed by atoms with E-state index in [2.05, 4.69) is 20.8 Å². The van der Waals surface area contributed by atoms with Crippen molar-refractivity contribution in [2.45, 2.75) is 45.8 Å². The minimum Gasteiger partial charge on any atom is -0.623 e.